The molecule has 1 aromatic rings. The highest BCUT2D eigenvalue weighted by atomic mass is 35.5. The van der Waals surface area contributed by atoms with Crippen molar-refractivity contribution in [3.05, 3.63) is 29.8 Å². The van der Waals surface area contributed by atoms with Gasteiger partial charge in [-0.15, -0.1) is 12.4 Å². The van der Waals surface area contributed by atoms with Crippen LogP contribution in [0.3, 0.4) is 0 Å². The molecule has 2 N–H and O–H groups in total. The molecule has 1 aliphatic rings. The van der Waals surface area contributed by atoms with Crippen molar-refractivity contribution in [2.75, 3.05) is 12.4 Å². The number of benzene rings is 1. The van der Waals surface area contributed by atoms with E-state index < -0.39 is 0 Å². The SMILES string of the molecule is CNCc1ccc(NC(=O)C2CCCCCCC2)cc1.Cl. The van der Waals surface area contributed by atoms with Crippen molar-refractivity contribution >= 4 is 24.0 Å². The zero-order chi connectivity index (χ0) is 14.2. The molecule has 1 aliphatic carbocycles. The second-order valence-corrected chi connectivity index (χ2v) is 5.76. The number of hydrogen-bond donors (Lipinski definition) is 2. The second-order valence-electron chi connectivity index (χ2n) is 5.76. The van der Waals surface area contributed by atoms with E-state index in [4.69, 9.17) is 0 Å². The number of carbonyl (C=O) groups is 1. The van der Waals surface area contributed by atoms with E-state index in [9.17, 15) is 4.79 Å². The largest absolute Gasteiger partial charge is 0.326 e. The molecule has 0 radical (unpaired) electrons. The maximum absolute atomic E-state index is 12.3. The lowest BCUT2D eigenvalue weighted by Crippen LogP contribution is -2.23. The zero-order valence-electron chi connectivity index (χ0n) is 12.9. The highest BCUT2D eigenvalue weighted by Gasteiger charge is 2.19. The van der Waals surface area contributed by atoms with E-state index in [0.717, 1.165) is 25.1 Å². The Morgan fingerprint density at radius 2 is 1.62 bits per heavy atom. The van der Waals surface area contributed by atoms with Crippen molar-refractivity contribution in [1.29, 1.82) is 0 Å². The summed E-state index contributed by atoms with van der Waals surface area (Å²) in [5.74, 6) is 0.403. The average Bonchev–Trinajstić information content (AvgIpc) is 2.41. The fraction of sp³-hybridized carbons (Fsp3) is 0.588. The third kappa shape index (κ3) is 6.06. The summed E-state index contributed by atoms with van der Waals surface area (Å²) in [7, 11) is 1.93. The van der Waals surface area contributed by atoms with Crippen LogP contribution < -0.4 is 10.6 Å². The van der Waals surface area contributed by atoms with E-state index in [2.05, 4.69) is 22.8 Å². The standard InChI is InChI=1S/C17H26N2O.ClH/c1-18-13-14-9-11-16(12-10-14)19-17(20)15-7-5-3-2-4-6-8-15;/h9-12,15,18H,2-8,13H2,1H3,(H,19,20);1H. The molecule has 0 saturated heterocycles. The molecule has 3 nitrogen and oxygen atoms in total. The quantitative estimate of drug-likeness (QED) is 0.878. The summed E-state index contributed by atoms with van der Waals surface area (Å²) in [4.78, 5) is 12.3. The van der Waals surface area contributed by atoms with Crippen LogP contribution in [-0.4, -0.2) is 13.0 Å². The maximum atomic E-state index is 12.3. The van der Waals surface area contributed by atoms with Gasteiger partial charge in [0.25, 0.3) is 0 Å². The van der Waals surface area contributed by atoms with Gasteiger partial charge in [0.1, 0.15) is 0 Å². The van der Waals surface area contributed by atoms with Gasteiger partial charge in [-0.1, -0.05) is 44.2 Å². The predicted octanol–water partition coefficient (Wildman–Crippen LogP) is 4.13. The Morgan fingerprint density at radius 1 is 1.05 bits per heavy atom. The van der Waals surface area contributed by atoms with Crippen LogP contribution in [0.4, 0.5) is 5.69 Å². The van der Waals surface area contributed by atoms with Crippen molar-refractivity contribution in [2.24, 2.45) is 5.92 Å². The van der Waals surface area contributed by atoms with Crippen LogP contribution in [0.5, 0.6) is 0 Å². The molecular formula is C17H27ClN2O. The minimum absolute atomic E-state index is 0. The molecule has 0 unspecified atom stereocenters. The monoisotopic (exact) mass is 310 g/mol. The molecule has 0 aliphatic heterocycles. The molecule has 0 bridgehead atoms. The van der Waals surface area contributed by atoms with E-state index in [-0.39, 0.29) is 24.2 Å². The lowest BCUT2D eigenvalue weighted by Gasteiger charge is -2.19. The fourth-order valence-corrected chi connectivity index (χ4v) is 2.87. The summed E-state index contributed by atoms with van der Waals surface area (Å²) in [5, 5.41) is 6.19. The molecule has 1 aromatic carbocycles. The Hall–Kier alpha value is -1.06. The minimum atomic E-state index is 0. The molecule has 0 aromatic heterocycles. The summed E-state index contributed by atoms with van der Waals surface area (Å²) >= 11 is 0. The van der Waals surface area contributed by atoms with Gasteiger partial charge in [0.2, 0.25) is 5.91 Å². The van der Waals surface area contributed by atoms with E-state index >= 15 is 0 Å². The van der Waals surface area contributed by atoms with E-state index in [1.165, 1.54) is 37.7 Å². The van der Waals surface area contributed by atoms with Gasteiger partial charge in [-0.05, 0) is 37.6 Å². The highest BCUT2D eigenvalue weighted by Crippen LogP contribution is 2.23. The smallest absolute Gasteiger partial charge is 0.227 e. The number of halogens is 1. The van der Waals surface area contributed by atoms with Crippen LogP contribution in [0.1, 0.15) is 50.5 Å². The Morgan fingerprint density at radius 3 is 2.19 bits per heavy atom. The maximum Gasteiger partial charge on any atom is 0.227 e. The van der Waals surface area contributed by atoms with Gasteiger partial charge in [0.05, 0.1) is 0 Å². The first-order chi connectivity index (χ1) is 9.79. The molecule has 2 rings (SSSR count). The van der Waals surface area contributed by atoms with Crippen molar-refractivity contribution in [3.8, 4) is 0 Å². The van der Waals surface area contributed by atoms with Crippen LogP contribution in [0.2, 0.25) is 0 Å². The number of rotatable bonds is 4. The number of anilines is 1. The van der Waals surface area contributed by atoms with E-state index in [1.54, 1.807) is 0 Å². The normalized spacial score (nSPS) is 16.4. The fourth-order valence-electron chi connectivity index (χ4n) is 2.87. The first-order valence-electron chi connectivity index (χ1n) is 7.84. The van der Waals surface area contributed by atoms with Crippen LogP contribution in [0, 0.1) is 5.92 Å². The molecule has 1 fully saturated rings. The van der Waals surface area contributed by atoms with Gasteiger partial charge < -0.3 is 10.6 Å². The van der Waals surface area contributed by atoms with E-state index in [0.29, 0.717) is 0 Å². The predicted molar refractivity (Wildman–Crippen MR) is 90.9 cm³/mol. The van der Waals surface area contributed by atoms with Gasteiger partial charge in [-0.2, -0.15) is 0 Å². The lowest BCUT2D eigenvalue weighted by atomic mass is 9.90. The first-order valence-corrected chi connectivity index (χ1v) is 7.84. The molecule has 21 heavy (non-hydrogen) atoms. The number of nitrogens with one attached hydrogen (secondary N) is 2. The molecule has 1 amide bonds. The molecule has 0 heterocycles. The summed E-state index contributed by atoms with van der Waals surface area (Å²) < 4.78 is 0. The minimum Gasteiger partial charge on any atom is -0.326 e. The summed E-state index contributed by atoms with van der Waals surface area (Å²) in [6.07, 6.45) is 8.37. The van der Waals surface area contributed by atoms with Gasteiger partial charge in [-0.25, -0.2) is 0 Å². The highest BCUT2D eigenvalue weighted by molar-refractivity contribution is 5.92. The number of amides is 1. The summed E-state index contributed by atoms with van der Waals surface area (Å²) in [6.45, 7) is 0.858. The molecule has 1 saturated carbocycles. The second kappa shape index (κ2) is 9.80. The Kier molecular flexibility index (Phi) is 8.40. The van der Waals surface area contributed by atoms with Crippen LogP contribution in [0.25, 0.3) is 0 Å². The van der Waals surface area contributed by atoms with Crippen molar-refractivity contribution < 1.29 is 4.79 Å². The lowest BCUT2D eigenvalue weighted by molar-refractivity contribution is -0.120. The van der Waals surface area contributed by atoms with Gasteiger partial charge in [-0.3, -0.25) is 4.79 Å². The van der Waals surface area contributed by atoms with Gasteiger partial charge in [0, 0.05) is 18.2 Å². The first kappa shape index (κ1) is 18.0. The molecule has 0 spiro atoms. The van der Waals surface area contributed by atoms with Crippen LogP contribution in [0.15, 0.2) is 24.3 Å². The molecule has 4 heteroatoms. The summed E-state index contributed by atoms with van der Waals surface area (Å²) in [6, 6.07) is 8.11. The topological polar surface area (TPSA) is 41.1 Å². The van der Waals surface area contributed by atoms with Crippen molar-refractivity contribution in [2.45, 2.75) is 51.5 Å². The van der Waals surface area contributed by atoms with Gasteiger partial charge >= 0.3 is 0 Å². The Bertz CT molecular complexity index is 411. The van der Waals surface area contributed by atoms with Crippen LogP contribution in [-0.2, 0) is 11.3 Å². The Labute approximate surface area is 134 Å². The zero-order valence-corrected chi connectivity index (χ0v) is 13.7. The van der Waals surface area contributed by atoms with Crippen molar-refractivity contribution in [3.63, 3.8) is 0 Å². The van der Waals surface area contributed by atoms with Crippen LogP contribution >= 0.6 is 12.4 Å². The number of hydrogen-bond acceptors (Lipinski definition) is 2. The third-order valence-corrected chi connectivity index (χ3v) is 4.08. The molecular weight excluding hydrogens is 284 g/mol. The van der Waals surface area contributed by atoms with E-state index in [1.807, 2.05) is 19.2 Å². The van der Waals surface area contributed by atoms with Crippen molar-refractivity contribution in [1.82, 2.24) is 5.32 Å². The summed E-state index contributed by atoms with van der Waals surface area (Å²) in [5.41, 5.74) is 2.15. The third-order valence-electron chi connectivity index (χ3n) is 4.08. The average molecular weight is 311 g/mol. The number of carbonyl (C=O) groups excluding carboxylic acids is 1. The molecule has 0 atom stereocenters. The van der Waals surface area contributed by atoms with Gasteiger partial charge in [0.15, 0.2) is 0 Å². The molecule has 118 valence electrons. The Balaban J connectivity index is 0.00000220.